The van der Waals surface area contributed by atoms with Gasteiger partial charge in [0.25, 0.3) is 0 Å². The lowest BCUT2D eigenvalue weighted by Gasteiger charge is -2.28. The third kappa shape index (κ3) is 2.58. The summed E-state index contributed by atoms with van der Waals surface area (Å²) < 4.78 is 0. The minimum atomic E-state index is 0.107. The van der Waals surface area contributed by atoms with Crippen LogP contribution in [0.1, 0.15) is 24.8 Å². The fourth-order valence-corrected chi connectivity index (χ4v) is 2.34. The molecule has 0 saturated carbocycles. The van der Waals surface area contributed by atoms with Crippen LogP contribution in [0.4, 0.5) is 5.69 Å². The number of rotatable bonds is 2. The van der Waals surface area contributed by atoms with E-state index in [1.165, 1.54) is 0 Å². The van der Waals surface area contributed by atoms with Crippen molar-refractivity contribution in [3.05, 3.63) is 28.8 Å². The molecule has 3 nitrogen and oxygen atoms in total. The molecule has 90 valence electrons. The SMILES string of the molecule is NC(=S)c1ccc(Cl)cc1N1CCCCC1=O. The van der Waals surface area contributed by atoms with Gasteiger partial charge in [-0.15, -0.1) is 0 Å². The van der Waals surface area contributed by atoms with Crippen LogP contribution in [-0.4, -0.2) is 17.4 Å². The van der Waals surface area contributed by atoms with Gasteiger partial charge in [0, 0.05) is 23.6 Å². The second-order valence-corrected chi connectivity index (χ2v) is 4.90. The zero-order chi connectivity index (χ0) is 12.4. The van der Waals surface area contributed by atoms with Gasteiger partial charge in [-0.1, -0.05) is 23.8 Å². The lowest BCUT2D eigenvalue weighted by molar-refractivity contribution is -0.119. The number of carbonyl (C=O) groups is 1. The predicted molar refractivity (Wildman–Crippen MR) is 73.5 cm³/mol. The van der Waals surface area contributed by atoms with E-state index in [0.29, 0.717) is 23.6 Å². The van der Waals surface area contributed by atoms with Crippen molar-refractivity contribution in [2.75, 3.05) is 11.4 Å². The second-order valence-electron chi connectivity index (χ2n) is 4.03. The molecule has 0 aliphatic carbocycles. The average molecular weight is 269 g/mol. The molecule has 17 heavy (non-hydrogen) atoms. The summed E-state index contributed by atoms with van der Waals surface area (Å²) in [4.78, 5) is 13.9. The first-order valence-electron chi connectivity index (χ1n) is 5.49. The Morgan fingerprint density at radius 3 is 2.82 bits per heavy atom. The van der Waals surface area contributed by atoms with Crippen LogP contribution in [-0.2, 0) is 4.79 Å². The topological polar surface area (TPSA) is 46.3 Å². The van der Waals surface area contributed by atoms with E-state index < -0.39 is 0 Å². The second kappa shape index (κ2) is 5.02. The third-order valence-electron chi connectivity index (χ3n) is 2.84. The smallest absolute Gasteiger partial charge is 0.226 e. The van der Waals surface area contributed by atoms with Gasteiger partial charge < -0.3 is 10.6 Å². The molecule has 1 aliphatic rings. The van der Waals surface area contributed by atoms with Crippen LogP contribution >= 0.6 is 23.8 Å². The number of nitrogens with two attached hydrogens (primary N) is 1. The Morgan fingerprint density at radius 2 is 2.18 bits per heavy atom. The molecule has 1 fully saturated rings. The Hall–Kier alpha value is -1.13. The third-order valence-corrected chi connectivity index (χ3v) is 3.29. The fraction of sp³-hybridized carbons (Fsp3) is 0.333. The molecule has 0 bridgehead atoms. The number of thiocarbonyl (C=S) groups is 1. The molecule has 1 aromatic rings. The molecule has 2 N–H and O–H groups in total. The summed E-state index contributed by atoms with van der Waals surface area (Å²) in [5.74, 6) is 0.107. The quantitative estimate of drug-likeness (QED) is 0.839. The van der Waals surface area contributed by atoms with Crippen molar-refractivity contribution in [3.63, 3.8) is 0 Å². The molecule has 1 aliphatic heterocycles. The number of halogens is 1. The fourth-order valence-electron chi connectivity index (χ4n) is 2.00. The molecule has 1 amide bonds. The van der Waals surface area contributed by atoms with E-state index in [4.69, 9.17) is 29.6 Å². The van der Waals surface area contributed by atoms with Crippen molar-refractivity contribution >= 4 is 40.4 Å². The van der Waals surface area contributed by atoms with E-state index in [1.807, 2.05) is 0 Å². The summed E-state index contributed by atoms with van der Waals surface area (Å²) in [7, 11) is 0. The van der Waals surface area contributed by atoms with Crippen LogP contribution in [0, 0.1) is 0 Å². The van der Waals surface area contributed by atoms with Crippen LogP contribution in [0.3, 0.4) is 0 Å². The van der Waals surface area contributed by atoms with Crippen LogP contribution < -0.4 is 10.6 Å². The summed E-state index contributed by atoms with van der Waals surface area (Å²) in [6.07, 6.45) is 2.51. The van der Waals surface area contributed by atoms with Crippen molar-refractivity contribution in [3.8, 4) is 0 Å². The maximum Gasteiger partial charge on any atom is 0.226 e. The highest BCUT2D eigenvalue weighted by molar-refractivity contribution is 7.80. The summed E-state index contributed by atoms with van der Waals surface area (Å²) in [6, 6.07) is 5.25. The minimum Gasteiger partial charge on any atom is -0.389 e. The lowest BCUT2D eigenvalue weighted by atomic mass is 10.1. The molecule has 0 aromatic heterocycles. The zero-order valence-corrected chi connectivity index (χ0v) is 10.9. The molecule has 2 rings (SSSR count). The average Bonchev–Trinajstić information content (AvgIpc) is 2.29. The number of carbonyl (C=O) groups excluding carboxylic acids is 1. The number of amides is 1. The van der Waals surface area contributed by atoms with Crippen LogP contribution in [0.15, 0.2) is 18.2 Å². The van der Waals surface area contributed by atoms with E-state index >= 15 is 0 Å². The summed E-state index contributed by atoms with van der Waals surface area (Å²) in [5.41, 5.74) is 7.11. The Morgan fingerprint density at radius 1 is 1.41 bits per heavy atom. The molecule has 1 aromatic carbocycles. The van der Waals surface area contributed by atoms with Gasteiger partial charge in [-0.25, -0.2) is 0 Å². The van der Waals surface area contributed by atoms with Gasteiger partial charge in [0.05, 0.1) is 5.69 Å². The number of anilines is 1. The normalized spacial score (nSPS) is 16.1. The number of hydrogen-bond acceptors (Lipinski definition) is 2. The number of benzene rings is 1. The van der Waals surface area contributed by atoms with Gasteiger partial charge in [0.15, 0.2) is 0 Å². The van der Waals surface area contributed by atoms with Gasteiger partial charge in [-0.2, -0.15) is 0 Å². The van der Waals surface area contributed by atoms with Crippen molar-refractivity contribution in [2.45, 2.75) is 19.3 Å². The maximum atomic E-state index is 11.9. The monoisotopic (exact) mass is 268 g/mol. The first kappa shape index (κ1) is 12.3. The van der Waals surface area contributed by atoms with Gasteiger partial charge >= 0.3 is 0 Å². The highest BCUT2D eigenvalue weighted by Gasteiger charge is 2.22. The molecule has 0 atom stereocenters. The molecular formula is C12H13ClN2OS. The first-order chi connectivity index (χ1) is 8.09. The van der Waals surface area contributed by atoms with E-state index in [0.717, 1.165) is 18.5 Å². The van der Waals surface area contributed by atoms with Crippen molar-refractivity contribution in [1.82, 2.24) is 0 Å². The molecule has 5 heteroatoms. The van der Waals surface area contributed by atoms with E-state index in [9.17, 15) is 4.79 Å². The van der Waals surface area contributed by atoms with Gasteiger partial charge in [-0.05, 0) is 31.0 Å². The van der Waals surface area contributed by atoms with Crippen LogP contribution in [0.5, 0.6) is 0 Å². The Bertz CT molecular complexity index is 476. The Kier molecular flexibility index (Phi) is 3.64. The molecule has 1 saturated heterocycles. The number of piperidine rings is 1. The Labute approximate surface area is 111 Å². The number of hydrogen-bond donors (Lipinski definition) is 1. The molecule has 0 spiro atoms. The van der Waals surface area contributed by atoms with Gasteiger partial charge in [-0.3, -0.25) is 4.79 Å². The van der Waals surface area contributed by atoms with E-state index in [2.05, 4.69) is 0 Å². The van der Waals surface area contributed by atoms with E-state index in [-0.39, 0.29) is 10.9 Å². The minimum absolute atomic E-state index is 0.107. The van der Waals surface area contributed by atoms with E-state index in [1.54, 1.807) is 23.1 Å². The van der Waals surface area contributed by atoms with Crippen molar-refractivity contribution < 1.29 is 4.79 Å². The summed E-state index contributed by atoms with van der Waals surface area (Å²) >= 11 is 11.0. The molecule has 1 heterocycles. The van der Waals surface area contributed by atoms with Crippen LogP contribution in [0.2, 0.25) is 5.02 Å². The largest absolute Gasteiger partial charge is 0.389 e. The maximum absolute atomic E-state index is 11.9. The first-order valence-corrected chi connectivity index (χ1v) is 6.28. The van der Waals surface area contributed by atoms with Gasteiger partial charge in [0.1, 0.15) is 4.99 Å². The van der Waals surface area contributed by atoms with Crippen LogP contribution in [0.25, 0.3) is 0 Å². The van der Waals surface area contributed by atoms with Crippen molar-refractivity contribution in [2.24, 2.45) is 5.73 Å². The summed E-state index contributed by atoms with van der Waals surface area (Å²) in [6.45, 7) is 0.703. The molecular weight excluding hydrogens is 256 g/mol. The van der Waals surface area contributed by atoms with Crippen molar-refractivity contribution in [1.29, 1.82) is 0 Å². The van der Waals surface area contributed by atoms with Gasteiger partial charge in [0.2, 0.25) is 5.91 Å². The number of nitrogens with zero attached hydrogens (tertiary/aromatic N) is 1. The molecule has 0 radical (unpaired) electrons. The Balaban J connectivity index is 2.45. The lowest BCUT2D eigenvalue weighted by Crippen LogP contribution is -2.36. The zero-order valence-electron chi connectivity index (χ0n) is 9.28. The highest BCUT2D eigenvalue weighted by Crippen LogP contribution is 2.28. The summed E-state index contributed by atoms with van der Waals surface area (Å²) in [5, 5.41) is 0.582. The highest BCUT2D eigenvalue weighted by atomic mass is 35.5. The molecule has 0 unspecified atom stereocenters. The standard InChI is InChI=1S/C12H13ClN2OS/c13-8-4-5-9(12(14)17)10(7-8)15-6-2-1-3-11(15)16/h4-5,7H,1-3,6H2,(H2,14,17). The predicted octanol–water partition coefficient (Wildman–Crippen LogP) is 2.49.